The lowest BCUT2D eigenvalue weighted by Crippen LogP contribution is -2.36. The van der Waals surface area contributed by atoms with E-state index in [0.29, 0.717) is 0 Å². The first-order valence-corrected chi connectivity index (χ1v) is 7.30. The van der Waals surface area contributed by atoms with E-state index in [2.05, 4.69) is 55.2 Å². The molecule has 0 aliphatic rings. The van der Waals surface area contributed by atoms with Crippen molar-refractivity contribution in [3.8, 4) is 0 Å². The molecule has 0 unspecified atom stereocenters. The number of nitrogens with one attached hydrogen (secondary N) is 1. The molecule has 0 radical (unpaired) electrons. The smallest absolute Gasteiger partial charge is 0.0271 e. The van der Waals surface area contributed by atoms with Crippen molar-refractivity contribution in [2.24, 2.45) is 0 Å². The van der Waals surface area contributed by atoms with Crippen LogP contribution < -0.4 is 5.32 Å². The molecule has 108 valence electrons. The number of hydrogen-bond acceptors (Lipinski definition) is 3. The summed E-state index contributed by atoms with van der Waals surface area (Å²) in [5, 5.41) is 3.53. The molecule has 0 saturated carbocycles. The van der Waals surface area contributed by atoms with E-state index in [0.717, 1.165) is 19.6 Å². The molecule has 3 heteroatoms. The molecule has 1 aromatic rings. The second-order valence-electron chi connectivity index (χ2n) is 6.33. The molecular formula is C16H29N3. The van der Waals surface area contributed by atoms with Gasteiger partial charge in [-0.05, 0) is 71.4 Å². The Kier molecular flexibility index (Phi) is 7.03. The zero-order valence-electron chi connectivity index (χ0n) is 12.9. The van der Waals surface area contributed by atoms with Crippen LogP contribution in [0.1, 0.15) is 45.6 Å². The molecule has 3 nitrogen and oxygen atoms in total. The van der Waals surface area contributed by atoms with Crippen LogP contribution in [0.4, 0.5) is 0 Å². The normalized spacial score (nSPS) is 12.1. The van der Waals surface area contributed by atoms with Crippen LogP contribution in [0.15, 0.2) is 24.5 Å². The summed E-state index contributed by atoms with van der Waals surface area (Å²) in [5.74, 6) is 0. The van der Waals surface area contributed by atoms with Gasteiger partial charge in [0.05, 0.1) is 0 Å². The maximum atomic E-state index is 4.04. The summed E-state index contributed by atoms with van der Waals surface area (Å²) >= 11 is 0. The maximum absolute atomic E-state index is 4.04. The molecule has 0 bridgehead atoms. The summed E-state index contributed by atoms with van der Waals surface area (Å²) in [6, 6.07) is 4.17. The zero-order chi connectivity index (χ0) is 14.1. The molecule has 1 heterocycles. The van der Waals surface area contributed by atoms with Crippen molar-refractivity contribution >= 4 is 0 Å². The van der Waals surface area contributed by atoms with E-state index < -0.39 is 0 Å². The third-order valence-electron chi connectivity index (χ3n) is 3.07. The van der Waals surface area contributed by atoms with Crippen LogP contribution in [-0.4, -0.2) is 35.6 Å². The standard InChI is InChI=1S/C16H29N3/c1-16(2,3)18-10-6-5-7-13-19(4)14-15-8-11-17-12-9-15/h8-9,11-12,18H,5-7,10,13-14H2,1-4H3. The minimum atomic E-state index is 0.248. The van der Waals surface area contributed by atoms with Crippen LogP contribution in [0, 0.1) is 0 Å². The molecule has 0 fully saturated rings. The molecule has 0 spiro atoms. The summed E-state index contributed by atoms with van der Waals surface area (Å²) in [4.78, 5) is 6.42. The van der Waals surface area contributed by atoms with Crippen LogP contribution in [0.5, 0.6) is 0 Å². The molecule has 0 aliphatic carbocycles. The molecule has 1 rings (SSSR count). The predicted octanol–water partition coefficient (Wildman–Crippen LogP) is 3.07. The SMILES string of the molecule is CN(CCCCCNC(C)(C)C)Cc1ccncc1. The Morgan fingerprint density at radius 1 is 1.11 bits per heavy atom. The van der Waals surface area contributed by atoms with Crippen LogP contribution in [0.3, 0.4) is 0 Å². The molecule has 0 amide bonds. The third-order valence-corrected chi connectivity index (χ3v) is 3.07. The average Bonchev–Trinajstić information content (AvgIpc) is 2.33. The number of pyridine rings is 1. The lowest BCUT2D eigenvalue weighted by molar-refractivity contribution is 0.315. The van der Waals surface area contributed by atoms with Gasteiger partial charge in [0, 0.05) is 24.5 Å². The summed E-state index contributed by atoms with van der Waals surface area (Å²) in [6.45, 7) is 9.96. The van der Waals surface area contributed by atoms with E-state index in [1.807, 2.05) is 12.4 Å². The predicted molar refractivity (Wildman–Crippen MR) is 82.2 cm³/mol. The Labute approximate surface area is 118 Å². The van der Waals surface area contributed by atoms with Crippen LogP contribution >= 0.6 is 0 Å². The van der Waals surface area contributed by atoms with Gasteiger partial charge >= 0.3 is 0 Å². The molecular weight excluding hydrogens is 234 g/mol. The largest absolute Gasteiger partial charge is 0.312 e. The maximum Gasteiger partial charge on any atom is 0.0271 e. The van der Waals surface area contributed by atoms with Crippen molar-refractivity contribution in [1.29, 1.82) is 0 Å². The van der Waals surface area contributed by atoms with Crippen molar-refractivity contribution in [1.82, 2.24) is 15.2 Å². The van der Waals surface area contributed by atoms with Crippen molar-refractivity contribution in [3.05, 3.63) is 30.1 Å². The van der Waals surface area contributed by atoms with Gasteiger partial charge in [-0.15, -0.1) is 0 Å². The van der Waals surface area contributed by atoms with Gasteiger partial charge < -0.3 is 10.2 Å². The Morgan fingerprint density at radius 3 is 2.42 bits per heavy atom. The highest BCUT2D eigenvalue weighted by molar-refractivity contribution is 5.09. The Morgan fingerprint density at radius 2 is 1.79 bits per heavy atom. The first kappa shape index (κ1) is 16.1. The van der Waals surface area contributed by atoms with Gasteiger partial charge in [0.2, 0.25) is 0 Å². The lowest BCUT2D eigenvalue weighted by Gasteiger charge is -2.20. The van der Waals surface area contributed by atoms with Crippen molar-refractivity contribution in [2.45, 2.75) is 52.1 Å². The van der Waals surface area contributed by atoms with Gasteiger partial charge in [-0.3, -0.25) is 4.98 Å². The fourth-order valence-corrected chi connectivity index (χ4v) is 2.03. The Balaban J connectivity index is 2.03. The topological polar surface area (TPSA) is 28.2 Å². The van der Waals surface area contributed by atoms with E-state index in [4.69, 9.17) is 0 Å². The zero-order valence-corrected chi connectivity index (χ0v) is 12.9. The quantitative estimate of drug-likeness (QED) is 0.731. The second kappa shape index (κ2) is 8.28. The minimum Gasteiger partial charge on any atom is -0.312 e. The first-order valence-electron chi connectivity index (χ1n) is 7.30. The molecule has 1 aromatic heterocycles. The van der Waals surface area contributed by atoms with E-state index in [1.54, 1.807) is 0 Å². The first-order chi connectivity index (χ1) is 8.97. The average molecular weight is 263 g/mol. The molecule has 0 atom stereocenters. The Bertz CT molecular complexity index is 330. The molecule has 0 aromatic carbocycles. The van der Waals surface area contributed by atoms with Crippen molar-refractivity contribution < 1.29 is 0 Å². The highest BCUT2D eigenvalue weighted by atomic mass is 15.1. The van der Waals surface area contributed by atoms with E-state index in [-0.39, 0.29) is 5.54 Å². The Hall–Kier alpha value is -0.930. The number of hydrogen-bond donors (Lipinski definition) is 1. The summed E-state index contributed by atoms with van der Waals surface area (Å²) in [6.07, 6.45) is 7.56. The molecule has 0 aliphatic heterocycles. The number of aromatic nitrogens is 1. The molecule has 1 N–H and O–H groups in total. The van der Waals surface area contributed by atoms with Gasteiger partial charge in [-0.25, -0.2) is 0 Å². The molecule has 0 saturated heterocycles. The molecule has 19 heavy (non-hydrogen) atoms. The monoisotopic (exact) mass is 263 g/mol. The number of nitrogens with zero attached hydrogens (tertiary/aromatic N) is 2. The fraction of sp³-hybridized carbons (Fsp3) is 0.688. The number of unbranched alkanes of at least 4 members (excludes halogenated alkanes) is 2. The van der Waals surface area contributed by atoms with E-state index >= 15 is 0 Å². The minimum absolute atomic E-state index is 0.248. The van der Waals surface area contributed by atoms with Crippen molar-refractivity contribution in [3.63, 3.8) is 0 Å². The van der Waals surface area contributed by atoms with Crippen LogP contribution in [-0.2, 0) is 6.54 Å². The summed E-state index contributed by atoms with van der Waals surface area (Å²) in [5.41, 5.74) is 1.59. The van der Waals surface area contributed by atoms with E-state index in [9.17, 15) is 0 Å². The van der Waals surface area contributed by atoms with Crippen LogP contribution in [0.2, 0.25) is 0 Å². The highest BCUT2D eigenvalue weighted by Gasteiger charge is 2.07. The van der Waals surface area contributed by atoms with Gasteiger partial charge in [-0.1, -0.05) is 6.42 Å². The van der Waals surface area contributed by atoms with Gasteiger partial charge in [0.1, 0.15) is 0 Å². The van der Waals surface area contributed by atoms with Gasteiger partial charge in [0.25, 0.3) is 0 Å². The highest BCUT2D eigenvalue weighted by Crippen LogP contribution is 2.04. The van der Waals surface area contributed by atoms with Gasteiger partial charge in [0.15, 0.2) is 0 Å². The summed E-state index contributed by atoms with van der Waals surface area (Å²) in [7, 11) is 2.19. The lowest BCUT2D eigenvalue weighted by atomic mass is 10.1. The second-order valence-corrected chi connectivity index (χ2v) is 6.33. The van der Waals surface area contributed by atoms with E-state index in [1.165, 1.54) is 24.8 Å². The fourth-order valence-electron chi connectivity index (χ4n) is 2.03. The third kappa shape index (κ3) is 8.73. The van der Waals surface area contributed by atoms with Gasteiger partial charge in [-0.2, -0.15) is 0 Å². The summed E-state index contributed by atoms with van der Waals surface area (Å²) < 4.78 is 0. The number of rotatable bonds is 8. The van der Waals surface area contributed by atoms with Crippen LogP contribution in [0.25, 0.3) is 0 Å². The van der Waals surface area contributed by atoms with Crippen molar-refractivity contribution in [2.75, 3.05) is 20.1 Å².